The van der Waals surface area contributed by atoms with Crippen molar-refractivity contribution in [2.24, 2.45) is 22.6 Å². The minimum absolute atomic E-state index is 0. The van der Waals surface area contributed by atoms with Crippen LogP contribution in [0.4, 0.5) is 0 Å². The van der Waals surface area contributed by atoms with Gasteiger partial charge < -0.3 is 5.73 Å². The molecule has 0 aliphatic carbocycles. The molecule has 0 unspecified atom stereocenters. The molecule has 0 aliphatic rings. The van der Waals surface area contributed by atoms with E-state index >= 15 is 0 Å². The van der Waals surface area contributed by atoms with E-state index in [9.17, 15) is 0 Å². The number of hydrogen-bond acceptors (Lipinski definition) is 1. The summed E-state index contributed by atoms with van der Waals surface area (Å²) in [5.74, 6) is 2.00. The number of nitrogens with zero attached hydrogens (tertiary/aromatic N) is 1. The fourth-order valence-electron chi connectivity index (χ4n) is 0.258. The van der Waals surface area contributed by atoms with Gasteiger partial charge in [-0.25, -0.2) is 0 Å². The molecule has 0 bridgehead atoms. The SMILES string of the molecule is CCC(C)C.CN=C(N)C(C)C.[HH]. The van der Waals surface area contributed by atoms with Crippen molar-refractivity contribution in [2.45, 2.75) is 41.0 Å². The second kappa shape index (κ2) is 8.57. The molecule has 0 saturated heterocycles. The van der Waals surface area contributed by atoms with Gasteiger partial charge in [-0.05, 0) is 5.92 Å². The van der Waals surface area contributed by atoms with Crippen molar-refractivity contribution < 1.29 is 1.43 Å². The second-order valence-corrected chi connectivity index (χ2v) is 3.61. The molecular formula is C10H26N2. The molecule has 0 spiro atoms. The lowest BCUT2D eigenvalue weighted by atomic mass is 10.2. The van der Waals surface area contributed by atoms with Crippen LogP contribution in [0.1, 0.15) is 42.5 Å². The Morgan fingerprint density at radius 3 is 1.67 bits per heavy atom. The first kappa shape index (κ1) is 14.0. The van der Waals surface area contributed by atoms with Crippen molar-refractivity contribution in [3.63, 3.8) is 0 Å². The van der Waals surface area contributed by atoms with Crippen LogP contribution in [0.15, 0.2) is 4.99 Å². The van der Waals surface area contributed by atoms with E-state index in [1.807, 2.05) is 13.8 Å². The largest absolute Gasteiger partial charge is 0.387 e. The maximum absolute atomic E-state index is 5.37. The van der Waals surface area contributed by atoms with Crippen LogP contribution >= 0.6 is 0 Å². The standard InChI is InChI=1S/C5H12N2.C5H12.H2/c1-4(2)5(6)7-3;1-4-5(2)3;/h4H,1-3H3,(H2,6,7);5H,4H2,1-3H3;1H. The third-order valence-electron chi connectivity index (χ3n) is 1.67. The molecule has 0 aromatic rings. The molecule has 76 valence electrons. The fourth-order valence-corrected chi connectivity index (χ4v) is 0.258. The first-order valence-electron chi connectivity index (χ1n) is 4.67. The number of amidine groups is 1. The first-order valence-corrected chi connectivity index (χ1v) is 4.67. The maximum Gasteiger partial charge on any atom is 0.0959 e. The number of rotatable bonds is 2. The van der Waals surface area contributed by atoms with E-state index in [1.54, 1.807) is 7.05 Å². The summed E-state index contributed by atoms with van der Waals surface area (Å²) in [6.45, 7) is 10.7. The van der Waals surface area contributed by atoms with Crippen LogP contribution in [0.25, 0.3) is 0 Å². The normalized spacial score (nSPS) is 11.5. The van der Waals surface area contributed by atoms with Gasteiger partial charge in [0.2, 0.25) is 0 Å². The quantitative estimate of drug-likeness (QED) is 0.507. The third kappa shape index (κ3) is 12.2. The summed E-state index contributed by atoms with van der Waals surface area (Å²) in [4.78, 5) is 3.78. The van der Waals surface area contributed by atoms with Crippen LogP contribution in [0.5, 0.6) is 0 Å². The molecule has 0 saturated carbocycles. The summed E-state index contributed by atoms with van der Waals surface area (Å²) >= 11 is 0. The van der Waals surface area contributed by atoms with Gasteiger partial charge in [-0.2, -0.15) is 0 Å². The molecule has 0 aliphatic heterocycles. The Kier molecular flexibility index (Phi) is 10.0. The minimum atomic E-state index is 0. The van der Waals surface area contributed by atoms with Crippen LogP contribution in [-0.4, -0.2) is 12.9 Å². The van der Waals surface area contributed by atoms with Crippen molar-refractivity contribution in [1.29, 1.82) is 0 Å². The van der Waals surface area contributed by atoms with Crippen molar-refractivity contribution in [3.8, 4) is 0 Å². The monoisotopic (exact) mass is 174 g/mol. The van der Waals surface area contributed by atoms with Gasteiger partial charge in [0.05, 0.1) is 5.84 Å². The van der Waals surface area contributed by atoms with Gasteiger partial charge in [-0.3, -0.25) is 4.99 Å². The molecular weight excluding hydrogens is 148 g/mol. The van der Waals surface area contributed by atoms with Crippen LogP contribution in [0.3, 0.4) is 0 Å². The average Bonchev–Trinajstić information content (AvgIpc) is 2.04. The van der Waals surface area contributed by atoms with Gasteiger partial charge >= 0.3 is 0 Å². The molecule has 2 N–H and O–H groups in total. The lowest BCUT2D eigenvalue weighted by Gasteiger charge is -1.98. The summed E-state index contributed by atoms with van der Waals surface area (Å²) in [5.41, 5.74) is 5.37. The fraction of sp³-hybridized carbons (Fsp3) is 0.900. The third-order valence-corrected chi connectivity index (χ3v) is 1.67. The van der Waals surface area contributed by atoms with E-state index in [2.05, 4.69) is 25.8 Å². The summed E-state index contributed by atoms with van der Waals surface area (Å²) in [6.07, 6.45) is 1.31. The zero-order valence-electron chi connectivity index (χ0n) is 9.39. The van der Waals surface area contributed by atoms with Crippen LogP contribution < -0.4 is 5.73 Å². The molecule has 0 amide bonds. The molecule has 0 aromatic carbocycles. The summed E-state index contributed by atoms with van der Waals surface area (Å²) in [5, 5.41) is 0. The van der Waals surface area contributed by atoms with E-state index in [-0.39, 0.29) is 1.43 Å². The predicted molar refractivity (Wildman–Crippen MR) is 59.6 cm³/mol. The van der Waals surface area contributed by atoms with Gasteiger partial charge in [-0.1, -0.05) is 41.0 Å². The topological polar surface area (TPSA) is 38.4 Å². The maximum atomic E-state index is 5.37. The smallest absolute Gasteiger partial charge is 0.0959 e. The Balaban J connectivity index is -0.000000150. The van der Waals surface area contributed by atoms with Crippen molar-refractivity contribution in [3.05, 3.63) is 0 Å². The highest BCUT2D eigenvalue weighted by molar-refractivity contribution is 5.81. The highest BCUT2D eigenvalue weighted by Crippen LogP contribution is 1.93. The van der Waals surface area contributed by atoms with E-state index in [0.717, 1.165) is 11.8 Å². The van der Waals surface area contributed by atoms with Gasteiger partial charge in [-0.15, -0.1) is 0 Å². The zero-order chi connectivity index (χ0) is 10.1. The second-order valence-electron chi connectivity index (χ2n) is 3.61. The van der Waals surface area contributed by atoms with Crippen LogP contribution in [0.2, 0.25) is 0 Å². The van der Waals surface area contributed by atoms with Crippen LogP contribution in [0, 0.1) is 11.8 Å². The van der Waals surface area contributed by atoms with Gasteiger partial charge in [0.1, 0.15) is 0 Å². The number of nitrogens with two attached hydrogens (primary N) is 1. The highest BCUT2D eigenvalue weighted by Gasteiger charge is 1.93. The summed E-state index contributed by atoms with van der Waals surface area (Å²) in [7, 11) is 1.70. The van der Waals surface area contributed by atoms with Crippen molar-refractivity contribution in [2.75, 3.05) is 7.05 Å². The lowest BCUT2D eigenvalue weighted by Crippen LogP contribution is -2.17. The predicted octanol–water partition coefficient (Wildman–Crippen LogP) is 2.93. The van der Waals surface area contributed by atoms with Crippen molar-refractivity contribution >= 4 is 5.84 Å². The first-order chi connectivity index (χ1) is 5.45. The van der Waals surface area contributed by atoms with E-state index in [1.165, 1.54) is 6.42 Å². The molecule has 0 heterocycles. The number of aliphatic imine (C=N–C) groups is 1. The minimum Gasteiger partial charge on any atom is -0.387 e. The van der Waals surface area contributed by atoms with Gasteiger partial charge in [0.15, 0.2) is 0 Å². The Labute approximate surface area is 78.7 Å². The molecule has 12 heavy (non-hydrogen) atoms. The van der Waals surface area contributed by atoms with Crippen LogP contribution in [-0.2, 0) is 0 Å². The zero-order valence-corrected chi connectivity index (χ0v) is 9.39. The Bertz CT molecular complexity index is 120. The Morgan fingerprint density at radius 2 is 1.67 bits per heavy atom. The van der Waals surface area contributed by atoms with Crippen molar-refractivity contribution in [1.82, 2.24) is 0 Å². The van der Waals surface area contributed by atoms with E-state index in [4.69, 9.17) is 5.73 Å². The molecule has 0 aromatic heterocycles. The lowest BCUT2D eigenvalue weighted by molar-refractivity contribution is 0.626. The molecule has 2 heteroatoms. The van der Waals surface area contributed by atoms with Gasteiger partial charge in [0, 0.05) is 14.4 Å². The van der Waals surface area contributed by atoms with Gasteiger partial charge in [0.25, 0.3) is 0 Å². The molecule has 2 nitrogen and oxygen atoms in total. The summed E-state index contributed by atoms with van der Waals surface area (Å²) in [6, 6.07) is 0. The molecule has 0 fully saturated rings. The highest BCUT2D eigenvalue weighted by atomic mass is 14.8. The Morgan fingerprint density at radius 1 is 1.33 bits per heavy atom. The number of hydrogen-bond donors (Lipinski definition) is 1. The molecule has 0 atom stereocenters. The average molecular weight is 174 g/mol. The molecule has 0 rings (SSSR count). The Hall–Kier alpha value is -0.530. The van der Waals surface area contributed by atoms with E-state index < -0.39 is 0 Å². The van der Waals surface area contributed by atoms with E-state index in [0.29, 0.717) is 5.92 Å². The summed E-state index contributed by atoms with van der Waals surface area (Å²) < 4.78 is 0. The molecule has 0 radical (unpaired) electrons.